The van der Waals surface area contributed by atoms with Crippen molar-refractivity contribution in [2.75, 3.05) is 11.9 Å². The second kappa shape index (κ2) is 7.98. The lowest BCUT2D eigenvalue weighted by Gasteiger charge is -2.16. The highest BCUT2D eigenvalue weighted by Crippen LogP contribution is 2.21. The summed E-state index contributed by atoms with van der Waals surface area (Å²) in [6.07, 6.45) is -0.680. The van der Waals surface area contributed by atoms with Crippen molar-refractivity contribution in [3.05, 3.63) is 60.2 Å². The van der Waals surface area contributed by atoms with Crippen LogP contribution in [0.2, 0.25) is 0 Å². The molecule has 0 aliphatic heterocycles. The van der Waals surface area contributed by atoms with E-state index < -0.39 is 6.10 Å². The molecular weight excluding hydrogens is 292 g/mol. The minimum absolute atomic E-state index is 0.217. The minimum Gasteiger partial charge on any atom is -0.480 e. The third-order valence-corrected chi connectivity index (χ3v) is 3.19. The Morgan fingerprint density at radius 1 is 1.04 bits per heavy atom. The van der Waals surface area contributed by atoms with Gasteiger partial charge in [0.15, 0.2) is 6.10 Å². The fourth-order valence-electron chi connectivity index (χ4n) is 2.04. The summed E-state index contributed by atoms with van der Waals surface area (Å²) in [6.45, 7) is 4.02. The van der Waals surface area contributed by atoms with E-state index in [4.69, 9.17) is 4.74 Å². The van der Waals surface area contributed by atoms with Gasteiger partial charge in [0.1, 0.15) is 5.75 Å². The Balaban J connectivity index is 2.13. The first-order chi connectivity index (χ1) is 11.1. The molecule has 2 aromatic carbocycles. The third kappa shape index (κ3) is 4.57. The number of para-hydroxylation sites is 2. The van der Waals surface area contributed by atoms with Gasteiger partial charge >= 0.3 is 0 Å². The smallest absolute Gasteiger partial charge is 0.260 e. The molecule has 0 spiro atoms. The molecule has 0 aliphatic rings. The Kier molecular flexibility index (Phi) is 5.74. The van der Waals surface area contributed by atoms with Crippen molar-refractivity contribution < 1.29 is 14.3 Å². The maximum atomic E-state index is 12.4. The fraction of sp³-hybridized carbons (Fsp3) is 0.222. The van der Waals surface area contributed by atoms with Crippen molar-refractivity contribution in [3.8, 4) is 5.75 Å². The lowest BCUT2D eigenvalue weighted by molar-refractivity contribution is -0.127. The lowest BCUT2D eigenvalue weighted by Crippen LogP contribution is -2.36. The maximum absolute atomic E-state index is 12.4. The number of benzene rings is 2. The summed E-state index contributed by atoms with van der Waals surface area (Å²) in [5, 5.41) is 5.50. The molecule has 0 radical (unpaired) electrons. The first-order valence-electron chi connectivity index (χ1n) is 7.51. The van der Waals surface area contributed by atoms with Crippen LogP contribution in [-0.2, 0) is 4.79 Å². The van der Waals surface area contributed by atoms with Crippen LogP contribution in [0.15, 0.2) is 54.6 Å². The number of carbonyl (C=O) groups excluding carboxylic acids is 2. The monoisotopic (exact) mass is 312 g/mol. The number of nitrogens with one attached hydrogen (secondary N) is 2. The van der Waals surface area contributed by atoms with Crippen molar-refractivity contribution in [2.24, 2.45) is 0 Å². The Morgan fingerprint density at radius 3 is 2.39 bits per heavy atom. The van der Waals surface area contributed by atoms with Crippen LogP contribution >= 0.6 is 0 Å². The van der Waals surface area contributed by atoms with Gasteiger partial charge in [0.25, 0.3) is 11.8 Å². The number of hydrogen-bond acceptors (Lipinski definition) is 3. The summed E-state index contributed by atoms with van der Waals surface area (Å²) in [7, 11) is 0. The van der Waals surface area contributed by atoms with E-state index in [1.807, 2.05) is 25.1 Å². The van der Waals surface area contributed by atoms with Gasteiger partial charge in [-0.15, -0.1) is 0 Å². The predicted octanol–water partition coefficient (Wildman–Crippen LogP) is 2.84. The Bertz CT molecular complexity index is 671. The summed E-state index contributed by atoms with van der Waals surface area (Å²) in [5.41, 5.74) is 1.08. The quantitative estimate of drug-likeness (QED) is 0.862. The molecule has 0 saturated heterocycles. The zero-order chi connectivity index (χ0) is 16.7. The van der Waals surface area contributed by atoms with E-state index >= 15 is 0 Å². The topological polar surface area (TPSA) is 67.4 Å². The largest absolute Gasteiger partial charge is 0.480 e. The predicted molar refractivity (Wildman–Crippen MR) is 89.6 cm³/mol. The van der Waals surface area contributed by atoms with Crippen molar-refractivity contribution in [1.29, 1.82) is 0 Å². The molecule has 2 rings (SSSR count). The summed E-state index contributed by atoms with van der Waals surface area (Å²) in [5.74, 6) is -0.125. The molecule has 0 aliphatic carbocycles. The molecule has 23 heavy (non-hydrogen) atoms. The van der Waals surface area contributed by atoms with Gasteiger partial charge in [-0.3, -0.25) is 9.59 Å². The van der Waals surface area contributed by atoms with Crippen LogP contribution < -0.4 is 15.4 Å². The van der Waals surface area contributed by atoms with Crippen LogP contribution in [-0.4, -0.2) is 24.5 Å². The highest BCUT2D eigenvalue weighted by molar-refractivity contribution is 6.06. The van der Waals surface area contributed by atoms with E-state index in [1.165, 1.54) is 0 Å². The Labute approximate surface area is 135 Å². The number of ether oxygens (including phenoxy) is 1. The van der Waals surface area contributed by atoms with Gasteiger partial charge in [-0.1, -0.05) is 30.3 Å². The molecule has 0 bridgehead atoms. The highest BCUT2D eigenvalue weighted by Gasteiger charge is 2.18. The molecule has 5 nitrogen and oxygen atoms in total. The second-order valence-corrected chi connectivity index (χ2v) is 4.97. The van der Waals surface area contributed by atoms with E-state index in [1.54, 1.807) is 43.3 Å². The number of carbonyl (C=O) groups is 2. The van der Waals surface area contributed by atoms with Crippen molar-refractivity contribution in [2.45, 2.75) is 20.0 Å². The van der Waals surface area contributed by atoms with E-state index in [0.717, 1.165) is 0 Å². The first-order valence-corrected chi connectivity index (χ1v) is 7.51. The highest BCUT2D eigenvalue weighted by atomic mass is 16.5. The van der Waals surface area contributed by atoms with E-state index in [9.17, 15) is 9.59 Å². The zero-order valence-electron chi connectivity index (χ0n) is 13.2. The van der Waals surface area contributed by atoms with Crippen LogP contribution in [0.25, 0.3) is 0 Å². The lowest BCUT2D eigenvalue weighted by atomic mass is 10.1. The molecule has 0 heterocycles. The van der Waals surface area contributed by atoms with Crippen LogP contribution in [0.3, 0.4) is 0 Å². The number of likely N-dealkylation sites (N-methyl/N-ethyl adjacent to an activating group) is 1. The number of anilines is 1. The summed E-state index contributed by atoms with van der Waals surface area (Å²) < 4.78 is 5.65. The Hall–Kier alpha value is -2.82. The molecular formula is C18H20N2O3. The average molecular weight is 312 g/mol. The molecule has 2 N–H and O–H groups in total. The van der Waals surface area contributed by atoms with Crippen molar-refractivity contribution in [3.63, 3.8) is 0 Å². The van der Waals surface area contributed by atoms with E-state index in [0.29, 0.717) is 23.5 Å². The molecule has 0 aromatic heterocycles. The van der Waals surface area contributed by atoms with E-state index in [2.05, 4.69) is 10.6 Å². The molecule has 5 heteroatoms. The molecule has 1 atom stereocenters. The van der Waals surface area contributed by atoms with Crippen LogP contribution in [0, 0.1) is 0 Å². The molecule has 2 amide bonds. The number of hydrogen-bond donors (Lipinski definition) is 2. The number of amides is 2. The fourth-order valence-corrected chi connectivity index (χ4v) is 2.04. The molecule has 0 unspecified atom stereocenters. The van der Waals surface area contributed by atoms with Gasteiger partial charge in [-0.2, -0.15) is 0 Å². The molecule has 2 aromatic rings. The van der Waals surface area contributed by atoms with Crippen LogP contribution in [0.4, 0.5) is 5.69 Å². The molecule has 0 fully saturated rings. The van der Waals surface area contributed by atoms with Gasteiger partial charge in [-0.25, -0.2) is 0 Å². The average Bonchev–Trinajstić information content (AvgIpc) is 2.56. The Morgan fingerprint density at radius 2 is 1.70 bits per heavy atom. The van der Waals surface area contributed by atoms with Gasteiger partial charge in [0.05, 0.1) is 5.56 Å². The van der Waals surface area contributed by atoms with Crippen LogP contribution in [0.5, 0.6) is 5.75 Å². The standard InChI is InChI=1S/C18H20N2O3/c1-3-19-17(21)13(2)23-16-12-8-7-11-15(16)18(22)20-14-9-5-4-6-10-14/h4-13H,3H2,1-2H3,(H,19,21)(H,20,22)/t13-/m1/s1. The second-order valence-electron chi connectivity index (χ2n) is 4.97. The SMILES string of the molecule is CCNC(=O)[C@@H](C)Oc1ccccc1C(=O)Nc1ccccc1. The summed E-state index contributed by atoms with van der Waals surface area (Å²) >= 11 is 0. The van der Waals surface area contributed by atoms with Crippen LogP contribution in [0.1, 0.15) is 24.2 Å². The zero-order valence-corrected chi connectivity index (χ0v) is 13.2. The van der Waals surface area contributed by atoms with Gasteiger partial charge in [0.2, 0.25) is 0 Å². The van der Waals surface area contributed by atoms with Crippen molar-refractivity contribution >= 4 is 17.5 Å². The normalized spacial score (nSPS) is 11.4. The number of rotatable bonds is 6. The van der Waals surface area contributed by atoms with Crippen molar-refractivity contribution in [1.82, 2.24) is 5.32 Å². The van der Waals surface area contributed by atoms with Gasteiger partial charge < -0.3 is 15.4 Å². The minimum atomic E-state index is -0.680. The van der Waals surface area contributed by atoms with Gasteiger partial charge in [-0.05, 0) is 38.1 Å². The van der Waals surface area contributed by atoms with E-state index in [-0.39, 0.29) is 11.8 Å². The van der Waals surface area contributed by atoms with Gasteiger partial charge in [0, 0.05) is 12.2 Å². The maximum Gasteiger partial charge on any atom is 0.260 e. The summed E-state index contributed by atoms with van der Waals surface area (Å²) in [4.78, 5) is 24.2. The summed E-state index contributed by atoms with van der Waals surface area (Å²) in [6, 6.07) is 16.0. The molecule has 120 valence electrons. The third-order valence-electron chi connectivity index (χ3n) is 3.19. The first kappa shape index (κ1) is 16.5. The molecule has 0 saturated carbocycles.